The first-order valence-electron chi connectivity index (χ1n) is 8.64. The summed E-state index contributed by atoms with van der Waals surface area (Å²) in [5.74, 6) is 2.00. The van der Waals surface area contributed by atoms with E-state index >= 15 is 0 Å². The highest BCUT2D eigenvalue weighted by molar-refractivity contribution is 5.93. The number of hydrogen-bond donors (Lipinski definition) is 0. The third-order valence-electron chi connectivity index (χ3n) is 4.58. The molecule has 134 valence electrons. The number of rotatable bonds is 3. The van der Waals surface area contributed by atoms with Gasteiger partial charge < -0.3 is 9.80 Å². The van der Waals surface area contributed by atoms with Crippen LogP contribution in [0.4, 0.5) is 5.82 Å². The number of nitrogens with zero attached hydrogens (tertiary/aromatic N) is 6. The zero-order valence-electron chi connectivity index (χ0n) is 15.9. The molecule has 7 nitrogen and oxygen atoms in total. The highest BCUT2D eigenvalue weighted by Gasteiger charge is 2.28. The van der Waals surface area contributed by atoms with Crippen LogP contribution in [-0.4, -0.2) is 51.2 Å². The number of aryl methyl sites for hydroxylation is 2. The third-order valence-corrected chi connectivity index (χ3v) is 4.58. The second-order valence-corrected chi connectivity index (χ2v) is 7.12. The van der Waals surface area contributed by atoms with Crippen LogP contribution < -0.4 is 4.90 Å². The lowest BCUT2D eigenvalue weighted by molar-refractivity contribution is 0.0720. The lowest BCUT2D eigenvalue weighted by Gasteiger charge is -2.30. The molecule has 1 aliphatic rings. The topological polar surface area (TPSA) is 67.2 Å². The van der Waals surface area contributed by atoms with Crippen LogP contribution in [0.15, 0.2) is 6.07 Å². The second kappa shape index (κ2) is 6.46. The second-order valence-electron chi connectivity index (χ2n) is 7.12. The van der Waals surface area contributed by atoms with Crippen LogP contribution in [0.3, 0.4) is 0 Å². The van der Waals surface area contributed by atoms with E-state index in [1.165, 1.54) is 0 Å². The fraction of sp³-hybridized carbons (Fsp3) is 0.556. The standard InChI is InChI=1S/C18H26N6O/c1-11(2)14-9-16(23(6)21-14)18(25)24-8-7-13-15(10-24)19-12(3)20-17(13)22(4)5/h9,11H,7-8,10H2,1-6H3. The summed E-state index contributed by atoms with van der Waals surface area (Å²) < 4.78 is 1.68. The van der Waals surface area contributed by atoms with Crippen LogP contribution in [0, 0.1) is 6.92 Å². The molecule has 0 bridgehead atoms. The van der Waals surface area contributed by atoms with Gasteiger partial charge in [-0.25, -0.2) is 9.97 Å². The fourth-order valence-electron chi connectivity index (χ4n) is 3.21. The Hall–Kier alpha value is -2.44. The van der Waals surface area contributed by atoms with Crippen LogP contribution >= 0.6 is 0 Å². The van der Waals surface area contributed by atoms with Gasteiger partial charge >= 0.3 is 0 Å². The third kappa shape index (κ3) is 3.23. The first-order valence-corrected chi connectivity index (χ1v) is 8.64. The molecule has 25 heavy (non-hydrogen) atoms. The molecule has 0 N–H and O–H groups in total. The van der Waals surface area contributed by atoms with E-state index in [9.17, 15) is 4.79 Å². The van der Waals surface area contributed by atoms with Crippen LogP contribution in [0.5, 0.6) is 0 Å². The van der Waals surface area contributed by atoms with Crippen LogP contribution in [0.2, 0.25) is 0 Å². The minimum absolute atomic E-state index is 0.00946. The Morgan fingerprint density at radius 2 is 2.00 bits per heavy atom. The minimum Gasteiger partial charge on any atom is -0.362 e. The highest BCUT2D eigenvalue weighted by Crippen LogP contribution is 2.26. The first kappa shape index (κ1) is 17.4. The van der Waals surface area contributed by atoms with E-state index in [4.69, 9.17) is 0 Å². The summed E-state index contributed by atoms with van der Waals surface area (Å²) in [6.07, 6.45) is 0.768. The molecule has 3 rings (SSSR count). The van der Waals surface area contributed by atoms with Gasteiger partial charge in [0.05, 0.1) is 17.9 Å². The lowest BCUT2D eigenvalue weighted by Crippen LogP contribution is -2.38. The number of aromatic nitrogens is 4. The average molecular weight is 342 g/mol. The molecule has 0 aromatic carbocycles. The molecule has 0 atom stereocenters. The maximum Gasteiger partial charge on any atom is 0.272 e. The first-order chi connectivity index (χ1) is 11.8. The van der Waals surface area contributed by atoms with Crippen molar-refractivity contribution < 1.29 is 4.79 Å². The van der Waals surface area contributed by atoms with Crippen molar-refractivity contribution in [3.63, 3.8) is 0 Å². The molecule has 2 aromatic rings. The summed E-state index contributed by atoms with van der Waals surface area (Å²) in [7, 11) is 5.80. The summed E-state index contributed by atoms with van der Waals surface area (Å²) in [5, 5.41) is 4.46. The van der Waals surface area contributed by atoms with Gasteiger partial charge in [-0.15, -0.1) is 0 Å². The van der Waals surface area contributed by atoms with E-state index in [0.717, 1.165) is 35.0 Å². The molecule has 7 heteroatoms. The highest BCUT2D eigenvalue weighted by atomic mass is 16.2. The molecule has 3 heterocycles. The molecule has 1 aliphatic heterocycles. The van der Waals surface area contributed by atoms with Gasteiger partial charge in [-0.1, -0.05) is 13.8 Å². The van der Waals surface area contributed by atoms with Gasteiger partial charge in [0.15, 0.2) is 0 Å². The fourth-order valence-corrected chi connectivity index (χ4v) is 3.21. The number of hydrogen-bond acceptors (Lipinski definition) is 5. The summed E-state index contributed by atoms with van der Waals surface area (Å²) in [4.78, 5) is 26.0. The van der Waals surface area contributed by atoms with E-state index in [1.54, 1.807) is 4.68 Å². The number of fused-ring (bicyclic) bond motifs is 1. The molecular formula is C18H26N6O. The summed E-state index contributed by atoms with van der Waals surface area (Å²) in [5.41, 5.74) is 3.66. The van der Waals surface area contributed by atoms with Gasteiger partial charge in [0.2, 0.25) is 0 Å². The quantitative estimate of drug-likeness (QED) is 0.852. The van der Waals surface area contributed by atoms with Crippen molar-refractivity contribution in [2.75, 3.05) is 25.5 Å². The Labute approximate surface area is 148 Å². The van der Waals surface area contributed by atoms with Gasteiger partial charge in [0.1, 0.15) is 17.3 Å². The van der Waals surface area contributed by atoms with Crippen molar-refractivity contribution >= 4 is 11.7 Å². The van der Waals surface area contributed by atoms with Crippen molar-refractivity contribution in [2.45, 2.75) is 39.7 Å². The average Bonchev–Trinajstić information content (AvgIpc) is 2.94. The van der Waals surface area contributed by atoms with Crippen molar-refractivity contribution in [3.05, 3.63) is 34.5 Å². The predicted molar refractivity (Wildman–Crippen MR) is 96.8 cm³/mol. The van der Waals surface area contributed by atoms with Gasteiger partial charge in [-0.3, -0.25) is 9.48 Å². The molecule has 1 amide bonds. The van der Waals surface area contributed by atoms with Crippen molar-refractivity contribution in [1.82, 2.24) is 24.6 Å². The normalized spacial score (nSPS) is 14.0. The van der Waals surface area contributed by atoms with E-state index in [1.807, 2.05) is 43.9 Å². The summed E-state index contributed by atoms with van der Waals surface area (Å²) in [6, 6.07) is 1.90. The van der Waals surface area contributed by atoms with Crippen molar-refractivity contribution in [3.8, 4) is 0 Å². The van der Waals surface area contributed by atoms with Crippen LogP contribution in [0.1, 0.15) is 53.0 Å². The monoisotopic (exact) mass is 342 g/mol. The zero-order chi connectivity index (χ0) is 18.3. The smallest absolute Gasteiger partial charge is 0.272 e. The van der Waals surface area contributed by atoms with Gasteiger partial charge in [-0.05, 0) is 25.3 Å². The van der Waals surface area contributed by atoms with E-state index in [2.05, 4.69) is 28.9 Å². The van der Waals surface area contributed by atoms with Crippen molar-refractivity contribution in [1.29, 1.82) is 0 Å². The van der Waals surface area contributed by atoms with Gasteiger partial charge in [-0.2, -0.15) is 5.10 Å². The molecule has 0 saturated heterocycles. The van der Waals surface area contributed by atoms with Crippen LogP contribution in [-0.2, 0) is 20.0 Å². The minimum atomic E-state index is 0.00946. The molecular weight excluding hydrogens is 316 g/mol. The Morgan fingerprint density at radius 1 is 1.28 bits per heavy atom. The molecule has 2 aromatic heterocycles. The zero-order valence-corrected chi connectivity index (χ0v) is 15.9. The number of carbonyl (C=O) groups excluding carboxylic acids is 1. The SMILES string of the molecule is Cc1nc2c(c(N(C)C)n1)CCN(C(=O)c1cc(C(C)C)nn1C)C2. The van der Waals surface area contributed by atoms with E-state index in [0.29, 0.717) is 24.7 Å². The largest absolute Gasteiger partial charge is 0.362 e. The predicted octanol–water partition coefficient (Wildman–Crippen LogP) is 1.91. The number of amides is 1. The Bertz CT molecular complexity index is 808. The summed E-state index contributed by atoms with van der Waals surface area (Å²) >= 11 is 0. The molecule has 0 spiro atoms. The maximum absolute atomic E-state index is 13.0. The molecule has 0 unspecified atom stereocenters. The molecule has 0 saturated carbocycles. The van der Waals surface area contributed by atoms with Crippen molar-refractivity contribution in [2.24, 2.45) is 7.05 Å². The maximum atomic E-state index is 13.0. The van der Waals surface area contributed by atoms with E-state index < -0.39 is 0 Å². The number of carbonyl (C=O) groups is 1. The Balaban J connectivity index is 1.89. The lowest BCUT2D eigenvalue weighted by atomic mass is 10.0. The summed E-state index contributed by atoms with van der Waals surface area (Å²) in [6.45, 7) is 7.23. The molecule has 0 fully saturated rings. The Kier molecular flexibility index (Phi) is 4.49. The molecule has 0 radical (unpaired) electrons. The Morgan fingerprint density at radius 3 is 2.60 bits per heavy atom. The van der Waals surface area contributed by atoms with Crippen LogP contribution in [0.25, 0.3) is 0 Å². The van der Waals surface area contributed by atoms with E-state index in [-0.39, 0.29) is 5.91 Å². The van der Waals surface area contributed by atoms with Gasteiger partial charge in [0, 0.05) is 33.3 Å². The van der Waals surface area contributed by atoms with Gasteiger partial charge in [0.25, 0.3) is 5.91 Å². The molecule has 0 aliphatic carbocycles. The number of anilines is 1.